The van der Waals surface area contributed by atoms with E-state index >= 15 is 0 Å². The van der Waals surface area contributed by atoms with Gasteiger partial charge in [-0.2, -0.15) is 0 Å². The Bertz CT molecular complexity index is 569. The van der Waals surface area contributed by atoms with E-state index in [2.05, 4.69) is 28.5 Å². The van der Waals surface area contributed by atoms with Gasteiger partial charge in [-0.15, -0.1) is 0 Å². The normalized spacial score (nSPS) is 18.6. The fourth-order valence-corrected chi connectivity index (χ4v) is 2.93. The van der Waals surface area contributed by atoms with Crippen molar-refractivity contribution in [3.8, 4) is 5.75 Å². The molecule has 1 aliphatic heterocycles. The molecule has 0 aromatic heterocycles. The minimum absolute atomic E-state index is 0.619. The second-order valence-corrected chi connectivity index (χ2v) is 6.94. The number of nitrogens with zero attached hydrogens (tertiary/aromatic N) is 2. The first-order valence-electron chi connectivity index (χ1n) is 9.88. The first-order chi connectivity index (χ1) is 12.8. The molecule has 0 bridgehead atoms. The van der Waals surface area contributed by atoms with Crippen molar-refractivity contribution < 1.29 is 9.47 Å². The van der Waals surface area contributed by atoms with Crippen molar-refractivity contribution in [2.75, 3.05) is 52.5 Å². The molecular formula is C20H32N4O2. The molecule has 1 aromatic carbocycles. The molecule has 2 aliphatic rings. The van der Waals surface area contributed by atoms with E-state index in [1.165, 1.54) is 12.8 Å². The van der Waals surface area contributed by atoms with Gasteiger partial charge < -0.3 is 20.1 Å². The Morgan fingerprint density at radius 1 is 1.23 bits per heavy atom. The van der Waals surface area contributed by atoms with E-state index in [9.17, 15) is 0 Å². The van der Waals surface area contributed by atoms with Crippen LogP contribution in [0.5, 0.6) is 5.75 Å². The van der Waals surface area contributed by atoms with Crippen LogP contribution in [0.4, 0.5) is 0 Å². The van der Waals surface area contributed by atoms with Crippen LogP contribution in [0.1, 0.15) is 25.3 Å². The zero-order chi connectivity index (χ0) is 18.0. The Morgan fingerprint density at radius 2 is 2.04 bits per heavy atom. The molecule has 0 spiro atoms. The van der Waals surface area contributed by atoms with Gasteiger partial charge in [0.1, 0.15) is 5.75 Å². The maximum absolute atomic E-state index is 5.99. The Hall–Kier alpha value is -1.79. The van der Waals surface area contributed by atoms with E-state index in [-0.39, 0.29) is 0 Å². The molecule has 1 aliphatic carbocycles. The van der Waals surface area contributed by atoms with E-state index in [0.29, 0.717) is 6.54 Å². The largest absolute Gasteiger partial charge is 0.493 e. The van der Waals surface area contributed by atoms with Gasteiger partial charge in [-0.3, -0.25) is 4.90 Å². The van der Waals surface area contributed by atoms with Gasteiger partial charge in [-0.05, 0) is 31.7 Å². The van der Waals surface area contributed by atoms with Crippen LogP contribution in [-0.2, 0) is 11.3 Å². The zero-order valence-electron chi connectivity index (χ0n) is 15.9. The number of para-hydroxylation sites is 1. The summed E-state index contributed by atoms with van der Waals surface area (Å²) < 4.78 is 11.4. The van der Waals surface area contributed by atoms with Crippen molar-refractivity contribution in [2.24, 2.45) is 10.9 Å². The second kappa shape index (κ2) is 10.4. The summed E-state index contributed by atoms with van der Waals surface area (Å²) >= 11 is 0. The minimum Gasteiger partial charge on any atom is -0.493 e. The number of benzene rings is 1. The molecule has 2 N–H and O–H groups in total. The van der Waals surface area contributed by atoms with Crippen LogP contribution in [-0.4, -0.2) is 63.4 Å². The predicted molar refractivity (Wildman–Crippen MR) is 105 cm³/mol. The van der Waals surface area contributed by atoms with E-state index in [0.717, 1.165) is 75.7 Å². The summed E-state index contributed by atoms with van der Waals surface area (Å²) in [5.74, 6) is 2.58. The monoisotopic (exact) mass is 360 g/mol. The Balaban J connectivity index is 1.49. The molecule has 1 saturated heterocycles. The number of hydrogen-bond donors (Lipinski definition) is 2. The molecule has 3 rings (SSSR count). The summed E-state index contributed by atoms with van der Waals surface area (Å²) in [6.45, 7) is 9.99. The number of nitrogens with one attached hydrogen (secondary N) is 2. The van der Waals surface area contributed by atoms with Crippen molar-refractivity contribution in [1.29, 1.82) is 0 Å². The minimum atomic E-state index is 0.619. The van der Waals surface area contributed by atoms with Crippen molar-refractivity contribution in [1.82, 2.24) is 15.5 Å². The lowest BCUT2D eigenvalue weighted by Crippen LogP contribution is -2.44. The van der Waals surface area contributed by atoms with Gasteiger partial charge in [0, 0.05) is 38.3 Å². The van der Waals surface area contributed by atoms with Crippen LogP contribution in [0.2, 0.25) is 0 Å². The lowest BCUT2D eigenvalue weighted by molar-refractivity contribution is 0.0389. The fraction of sp³-hybridized carbons (Fsp3) is 0.650. The molecule has 144 valence electrons. The molecule has 6 nitrogen and oxygen atoms in total. The molecule has 1 saturated carbocycles. The van der Waals surface area contributed by atoms with Crippen LogP contribution in [0, 0.1) is 5.92 Å². The average Bonchev–Trinajstić information content (AvgIpc) is 3.50. The van der Waals surface area contributed by atoms with E-state index in [4.69, 9.17) is 14.5 Å². The van der Waals surface area contributed by atoms with Crippen LogP contribution in [0.25, 0.3) is 0 Å². The van der Waals surface area contributed by atoms with E-state index in [1.54, 1.807) is 0 Å². The molecular weight excluding hydrogens is 328 g/mol. The number of ether oxygens (including phenoxy) is 2. The molecule has 2 fully saturated rings. The van der Waals surface area contributed by atoms with Crippen LogP contribution < -0.4 is 15.4 Å². The average molecular weight is 361 g/mol. The SMILES string of the molecule is CCNC(=NCc1ccccc1OCC1CC1)NCCN1CCOCC1. The summed E-state index contributed by atoms with van der Waals surface area (Å²) in [4.78, 5) is 7.16. The molecule has 1 heterocycles. The van der Waals surface area contributed by atoms with Gasteiger partial charge in [0.15, 0.2) is 5.96 Å². The molecule has 6 heteroatoms. The first-order valence-corrected chi connectivity index (χ1v) is 9.88. The summed E-state index contributed by atoms with van der Waals surface area (Å²) in [7, 11) is 0. The molecule has 0 amide bonds. The number of hydrogen-bond acceptors (Lipinski definition) is 4. The van der Waals surface area contributed by atoms with Crippen LogP contribution >= 0.6 is 0 Å². The van der Waals surface area contributed by atoms with E-state index in [1.807, 2.05) is 18.2 Å². The lowest BCUT2D eigenvalue weighted by atomic mass is 10.2. The number of morpholine rings is 1. The molecule has 0 unspecified atom stereocenters. The summed E-state index contributed by atoms with van der Waals surface area (Å²) in [6, 6.07) is 8.23. The van der Waals surface area contributed by atoms with Crippen molar-refractivity contribution >= 4 is 5.96 Å². The quantitative estimate of drug-likeness (QED) is 0.520. The van der Waals surface area contributed by atoms with Crippen molar-refractivity contribution in [2.45, 2.75) is 26.3 Å². The van der Waals surface area contributed by atoms with Gasteiger partial charge >= 0.3 is 0 Å². The number of guanidine groups is 1. The number of rotatable bonds is 9. The van der Waals surface area contributed by atoms with E-state index < -0.39 is 0 Å². The second-order valence-electron chi connectivity index (χ2n) is 6.94. The summed E-state index contributed by atoms with van der Waals surface area (Å²) in [5, 5.41) is 6.76. The van der Waals surface area contributed by atoms with Gasteiger partial charge in [-0.1, -0.05) is 18.2 Å². The Morgan fingerprint density at radius 3 is 2.81 bits per heavy atom. The Kier molecular flexibility index (Phi) is 7.58. The molecule has 0 radical (unpaired) electrons. The van der Waals surface area contributed by atoms with Gasteiger partial charge in [-0.25, -0.2) is 4.99 Å². The summed E-state index contributed by atoms with van der Waals surface area (Å²) in [5.41, 5.74) is 1.14. The van der Waals surface area contributed by atoms with Crippen LogP contribution in [0.15, 0.2) is 29.3 Å². The highest BCUT2D eigenvalue weighted by atomic mass is 16.5. The standard InChI is InChI=1S/C20H32N4O2/c1-2-21-20(22-9-10-24-11-13-25-14-12-24)23-15-18-5-3-4-6-19(18)26-16-17-7-8-17/h3-6,17H,2,7-16H2,1H3,(H2,21,22,23). The fourth-order valence-electron chi connectivity index (χ4n) is 2.93. The maximum Gasteiger partial charge on any atom is 0.191 e. The maximum atomic E-state index is 5.99. The van der Waals surface area contributed by atoms with Crippen LogP contribution in [0.3, 0.4) is 0 Å². The lowest BCUT2D eigenvalue weighted by Gasteiger charge is -2.26. The first kappa shape index (κ1) is 19.0. The zero-order valence-corrected chi connectivity index (χ0v) is 15.9. The summed E-state index contributed by atoms with van der Waals surface area (Å²) in [6.07, 6.45) is 2.61. The topological polar surface area (TPSA) is 58.1 Å². The third-order valence-electron chi connectivity index (χ3n) is 4.72. The highest BCUT2D eigenvalue weighted by Crippen LogP contribution is 2.30. The predicted octanol–water partition coefficient (Wildman–Crippen LogP) is 1.86. The molecule has 26 heavy (non-hydrogen) atoms. The number of aliphatic imine (C=N–C) groups is 1. The molecule has 0 atom stereocenters. The van der Waals surface area contributed by atoms with Gasteiger partial charge in [0.25, 0.3) is 0 Å². The Labute approximate surface area is 157 Å². The van der Waals surface area contributed by atoms with Crippen molar-refractivity contribution in [3.63, 3.8) is 0 Å². The van der Waals surface area contributed by atoms with Gasteiger partial charge in [0.2, 0.25) is 0 Å². The van der Waals surface area contributed by atoms with Gasteiger partial charge in [0.05, 0.1) is 26.4 Å². The third-order valence-corrected chi connectivity index (χ3v) is 4.72. The smallest absolute Gasteiger partial charge is 0.191 e. The molecule has 1 aromatic rings. The highest BCUT2D eigenvalue weighted by molar-refractivity contribution is 5.79. The van der Waals surface area contributed by atoms with Crippen molar-refractivity contribution in [3.05, 3.63) is 29.8 Å². The third kappa shape index (κ3) is 6.50. The highest BCUT2D eigenvalue weighted by Gasteiger charge is 2.22.